The summed E-state index contributed by atoms with van der Waals surface area (Å²) in [5.74, 6) is 2.15. The molecule has 0 radical (unpaired) electrons. The number of esters is 1. The largest absolute Gasteiger partial charge is 0.494 e. The Kier molecular flexibility index (Phi) is 5.27. The van der Waals surface area contributed by atoms with Gasteiger partial charge in [0.1, 0.15) is 11.5 Å². The molecule has 0 aliphatic carbocycles. The lowest BCUT2D eigenvalue weighted by Gasteiger charge is -2.07. The lowest BCUT2D eigenvalue weighted by Crippen LogP contribution is -1.97. The van der Waals surface area contributed by atoms with E-state index in [0.29, 0.717) is 29.4 Å². The zero-order valence-corrected chi connectivity index (χ0v) is 14.9. The summed E-state index contributed by atoms with van der Waals surface area (Å²) >= 11 is 0. The summed E-state index contributed by atoms with van der Waals surface area (Å²) in [6.45, 7) is 2.54. The number of rotatable bonds is 6. The first-order valence-electron chi connectivity index (χ1n) is 8.25. The standard InChI is InChI=1S/C21H20O5/c1-4-25-17-8-6-15(7-9-17)19-13-16(21(22)26-19)11-14-5-10-18(23-2)20(12-14)24-3/h5-13H,4H2,1-3H3. The lowest BCUT2D eigenvalue weighted by atomic mass is 10.1. The number of carbonyl (C=O) groups is 1. The number of methoxy groups -OCH3 is 2. The molecule has 3 rings (SSSR count). The fourth-order valence-corrected chi connectivity index (χ4v) is 2.64. The Hall–Kier alpha value is -3.21. The van der Waals surface area contributed by atoms with Crippen molar-refractivity contribution in [1.82, 2.24) is 0 Å². The van der Waals surface area contributed by atoms with Crippen molar-refractivity contribution in [2.75, 3.05) is 20.8 Å². The summed E-state index contributed by atoms with van der Waals surface area (Å²) in [6.07, 6.45) is 3.49. The Morgan fingerprint density at radius 3 is 2.38 bits per heavy atom. The van der Waals surface area contributed by atoms with E-state index in [2.05, 4.69) is 0 Å². The summed E-state index contributed by atoms with van der Waals surface area (Å²) in [6, 6.07) is 12.9. The number of carbonyl (C=O) groups excluding carboxylic acids is 1. The predicted octanol–water partition coefficient (Wildman–Crippen LogP) is 4.08. The fraction of sp³-hybridized carbons (Fsp3) is 0.190. The third kappa shape index (κ3) is 3.72. The minimum absolute atomic E-state index is 0.385. The van der Waals surface area contributed by atoms with Crippen LogP contribution in [0.1, 0.15) is 18.1 Å². The molecule has 0 unspecified atom stereocenters. The molecule has 0 N–H and O–H groups in total. The van der Waals surface area contributed by atoms with Gasteiger partial charge in [-0.2, -0.15) is 0 Å². The molecule has 0 spiro atoms. The van der Waals surface area contributed by atoms with Gasteiger partial charge in [0.2, 0.25) is 0 Å². The average Bonchev–Trinajstić information content (AvgIpc) is 3.03. The molecule has 0 bridgehead atoms. The van der Waals surface area contributed by atoms with Crippen molar-refractivity contribution >= 4 is 17.8 Å². The first-order chi connectivity index (χ1) is 12.6. The molecule has 26 heavy (non-hydrogen) atoms. The van der Waals surface area contributed by atoms with Crippen LogP contribution >= 0.6 is 0 Å². The van der Waals surface area contributed by atoms with E-state index >= 15 is 0 Å². The van der Waals surface area contributed by atoms with Crippen LogP contribution in [0.5, 0.6) is 17.2 Å². The van der Waals surface area contributed by atoms with Crippen molar-refractivity contribution in [3.8, 4) is 17.2 Å². The topological polar surface area (TPSA) is 54.0 Å². The van der Waals surface area contributed by atoms with Crippen molar-refractivity contribution in [2.45, 2.75) is 6.92 Å². The predicted molar refractivity (Wildman–Crippen MR) is 99.2 cm³/mol. The third-order valence-corrected chi connectivity index (χ3v) is 3.90. The van der Waals surface area contributed by atoms with E-state index in [4.69, 9.17) is 18.9 Å². The molecular weight excluding hydrogens is 332 g/mol. The first-order valence-corrected chi connectivity index (χ1v) is 8.25. The van der Waals surface area contributed by atoms with Gasteiger partial charge in [-0.15, -0.1) is 0 Å². The molecule has 5 nitrogen and oxygen atoms in total. The first kappa shape index (κ1) is 17.6. The van der Waals surface area contributed by atoms with Crippen LogP contribution in [-0.4, -0.2) is 26.8 Å². The van der Waals surface area contributed by atoms with Crippen molar-refractivity contribution in [2.24, 2.45) is 0 Å². The van der Waals surface area contributed by atoms with E-state index in [9.17, 15) is 4.79 Å². The smallest absolute Gasteiger partial charge is 0.343 e. The van der Waals surface area contributed by atoms with Crippen LogP contribution in [0.15, 0.2) is 54.1 Å². The minimum Gasteiger partial charge on any atom is -0.494 e. The van der Waals surface area contributed by atoms with Crippen LogP contribution in [0, 0.1) is 0 Å². The van der Waals surface area contributed by atoms with E-state index in [1.807, 2.05) is 43.3 Å². The van der Waals surface area contributed by atoms with Crippen molar-refractivity contribution < 1.29 is 23.7 Å². The molecule has 1 aliphatic rings. The van der Waals surface area contributed by atoms with Gasteiger partial charge in [0.25, 0.3) is 0 Å². The highest BCUT2D eigenvalue weighted by molar-refractivity contribution is 6.05. The second kappa shape index (κ2) is 7.78. The van der Waals surface area contributed by atoms with Gasteiger partial charge in [-0.3, -0.25) is 0 Å². The summed E-state index contributed by atoms with van der Waals surface area (Å²) in [7, 11) is 3.15. The molecule has 1 aliphatic heterocycles. The summed E-state index contributed by atoms with van der Waals surface area (Å²) in [5.41, 5.74) is 2.11. The van der Waals surface area contributed by atoms with Gasteiger partial charge in [-0.05, 0) is 61.0 Å². The molecule has 2 aromatic carbocycles. The Bertz CT molecular complexity index is 862. The molecule has 0 saturated carbocycles. The van der Waals surface area contributed by atoms with E-state index in [1.54, 1.807) is 32.4 Å². The number of hydrogen-bond donors (Lipinski definition) is 0. The zero-order chi connectivity index (χ0) is 18.5. The fourth-order valence-electron chi connectivity index (χ4n) is 2.64. The second-order valence-corrected chi connectivity index (χ2v) is 5.57. The summed E-state index contributed by atoms with van der Waals surface area (Å²) < 4.78 is 21.3. The Morgan fingerprint density at radius 2 is 1.73 bits per heavy atom. The normalized spacial score (nSPS) is 14.8. The average molecular weight is 352 g/mol. The van der Waals surface area contributed by atoms with Crippen LogP contribution in [0.4, 0.5) is 0 Å². The van der Waals surface area contributed by atoms with Gasteiger partial charge >= 0.3 is 5.97 Å². The maximum Gasteiger partial charge on any atom is 0.343 e. The molecular formula is C21H20O5. The van der Waals surface area contributed by atoms with Crippen LogP contribution in [0.2, 0.25) is 0 Å². The summed E-state index contributed by atoms with van der Waals surface area (Å²) in [5, 5.41) is 0. The van der Waals surface area contributed by atoms with Crippen molar-refractivity contribution in [1.29, 1.82) is 0 Å². The SMILES string of the molecule is CCOc1ccc(C2=CC(=Cc3ccc(OC)c(OC)c3)C(=O)O2)cc1. The van der Waals surface area contributed by atoms with Crippen molar-refractivity contribution in [3.63, 3.8) is 0 Å². The van der Waals surface area contributed by atoms with E-state index in [-0.39, 0.29) is 5.97 Å². The molecule has 0 saturated heterocycles. The number of hydrogen-bond acceptors (Lipinski definition) is 5. The maximum absolute atomic E-state index is 12.2. The monoisotopic (exact) mass is 352 g/mol. The molecule has 134 valence electrons. The molecule has 0 atom stereocenters. The lowest BCUT2D eigenvalue weighted by molar-refractivity contribution is -0.130. The molecule has 2 aromatic rings. The van der Waals surface area contributed by atoms with Gasteiger partial charge < -0.3 is 18.9 Å². The summed E-state index contributed by atoms with van der Waals surface area (Å²) in [4.78, 5) is 12.2. The quantitative estimate of drug-likeness (QED) is 0.579. The van der Waals surface area contributed by atoms with Crippen LogP contribution in [-0.2, 0) is 9.53 Å². The molecule has 0 aromatic heterocycles. The second-order valence-electron chi connectivity index (χ2n) is 5.57. The highest BCUT2D eigenvalue weighted by Crippen LogP contribution is 2.31. The Balaban J connectivity index is 1.86. The zero-order valence-electron chi connectivity index (χ0n) is 14.9. The van der Waals surface area contributed by atoms with E-state index in [1.165, 1.54) is 0 Å². The van der Waals surface area contributed by atoms with Gasteiger partial charge in [0, 0.05) is 5.56 Å². The van der Waals surface area contributed by atoms with Crippen LogP contribution < -0.4 is 14.2 Å². The van der Waals surface area contributed by atoms with Crippen LogP contribution in [0.25, 0.3) is 11.8 Å². The molecule has 1 heterocycles. The van der Waals surface area contributed by atoms with Gasteiger partial charge in [0.15, 0.2) is 11.5 Å². The minimum atomic E-state index is -0.385. The van der Waals surface area contributed by atoms with Gasteiger partial charge in [-0.25, -0.2) is 4.79 Å². The number of benzene rings is 2. The third-order valence-electron chi connectivity index (χ3n) is 3.90. The highest BCUT2D eigenvalue weighted by Gasteiger charge is 2.22. The molecule has 0 fully saturated rings. The molecule has 0 amide bonds. The van der Waals surface area contributed by atoms with E-state index < -0.39 is 0 Å². The Morgan fingerprint density at radius 1 is 1.00 bits per heavy atom. The van der Waals surface area contributed by atoms with Crippen molar-refractivity contribution in [3.05, 3.63) is 65.2 Å². The van der Waals surface area contributed by atoms with Gasteiger partial charge in [0.05, 0.1) is 26.4 Å². The highest BCUT2D eigenvalue weighted by atomic mass is 16.5. The van der Waals surface area contributed by atoms with Gasteiger partial charge in [-0.1, -0.05) is 6.07 Å². The molecule has 5 heteroatoms. The maximum atomic E-state index is 12.2. The number of cyclic esters (lactones) is 1. The van der Waals surface area contributed by atoms with Crippen LogP contribution in [0.3, 0.4) is 0 Å². The van der Waals surface area contributed by atoms with E-state index in [0.717, 1.165) is 16.9 Å². The number of ether oxygens (including phenoxy) is 4. The Labute approximate surface area is 152 Å².